The van der Waals surface area contributed by atoms with E-state index in [1.165, 1.54) is 147 Å². The van der Waals surface area contributed by atoms with Gasteiger partial charge >= 0.3 is 0 Å². The summed E-state index contributed by atoms with van der Waals surface area (Å²) in [7, 11) is 0. The Morgan fingerprint density at radius 1 is 0.316 bits per heavy atom. The third-order valence-electron chi connectivity index (χ3n) is 14.3. The molecule has 0 aliphatic carbocycles. The fourth-order valence-electron chi connectivity index (χ4n) is 12.2. The number of hydrogen-bond acceptors (Lipinski definition) is 0. The lowest BCUT2D eigenvalue weighted by Crippen LogP contribution is -2.59. The fraction of sp³-hybridized carbons (Fsp3) is 0. The van der Waals surface area contributed by atoms with E-state index in [2.05, 4.69) is 173 Å². The minimum Gasteiger partial charge on any atom is -0.310 e. The number of rotatable bonds is 0. The van der Waals surface area contributed by atoms with E-state index in [0.29, 0.717) is 0 Å². The molecule has 0 N–H and O–H groups in total. The van der Waals surface area contributed by atoms with Gasteiger partial charge in [-0.3, -0.25) is 0 Å². The van der Waals surface area contributed by atoms with E-state index < -0.39 is 0 Å². The SMILES string of the molecule is c1ccc2c3c4c(cc2c1)-n1c2cc5ccc6cccc7ccc(c5c67)c2c2cccc(c21)B4c1cccc2c4c5ccc6cccc7ccc(cc4n-3c12)c5c76. The van der Waals surface area contributed by atoms with Crippen molar-refractivity contribution < 1.29 is 0 Å². The molecule has 2 aliphatic heterocycles. The minimum atomic E-state index is 0.0862. The zero-order valence-corrected chi connectivity index (χ0v) is 30.6. The van der Waals surface area contributed by atoms with Gasteiger partial charge < -0.3 is 9.13 Å². The van der Waals surface area contributed by atoms with Crippen molar-refractivity contribution in [2.75, 3.05) is 0 Å². The van der Waals surface area contributed by atoms with Crippen LogP contribution in [0, 0.1) is 0 Å². The van der Waals surface area contributed by atoms with E-state index in [0.717, 1.165) is 0 Å². The fourth-order valence-corrected chi connectivity index (χ4v) is 12.2. The number of para-hydroxylation sites is 2. The number of nitrogens with zero attached hydrogens (tertiary/aromatic N) is 2. The molecule has 0 atom stereocenters. The van der Waals surface area contributed by atoms with Crippen molar-refractivity contribution in [3.63, 3.8) is 0 Å². The molecule has 256 valence electrons. The Morgan fingerprint density at radius 3 is 1.40 bits per heavy atom. The Labute approximate surface area is 325 Å². The van der Waals surface area contributed by atoms with Gasteiger partial charge in [0.1, 0.15) is 0 Å². The molecule has 57 heavy (non-hydrogen) atoms. The minimum absolute atomic E-state index is 0.0862. The summed E-state index contributed by atoms with van der Waals surface area (Å²) in [5.74, 6) is 0. The average Bonchev–Trinajstić information content (AvgIpc) is 3.78. The van der Waals surface area contributed by atoms with Crippen LogP contribution in [0.1, 0.15) is 0 Å². The average molecular weight is 715 g/mol. The molecule has 0 saturated heterocycles. The zero-order valence-electron chi connectivity index (χ0n) is 30.6. The standard InChI is InChI=1S/C54H27BN2/c1-2-12-35-32(7-1)25-44-51-54(35)57-43-27-34-20-18-29-9-4-11-31-22-24-37(48(34)46(29)31)50(43)39-14-6-16-41(53(39)57)55(51)40-15-5-13-38-49-36-23-21-30-10-3-8-28-17-19-33(47(36)45(28)30)26-42(49)56(44)52(38)40/h1-27H. The summed E-state index contributed by atoms with van der Waals surface area (Å²) in [6.45, 7) is 0.0862. The van der Waals surface area contributed by atoms with Gasteiger partial charge in [0.05, 0.1) is 16.7 Å². The highest BCUT2D eigenvalue weighted by Crippen LogP contribution is 2.48. The Bertz CT molecular complexity index is 4190. The Hall–Kier alpha value is -7.36. The molecule has 0 radical (unpaired) electrons. The van der Waals surface area contributed by atoms with E-state index in [-0.39, 0.29) is 6.71 Å². The molecular weight excluding hydrogens is 687 g/mol. The largest absolute Gasteiger partial charge is 0.310 e. The van der Waals surface area contributed by atoms with Crippen molar-refractivity contribution in [1.82, 2.24) is 9.13 Å². The summed E-state index contributed by atoms with van der Waals surface area (Å²) in [4.78, 5) is 0. The van der Waals surface area contributed by atoms with Crippen molar-refractivity contribution in [3.05, 3.63) is 164 Å². The van der Waals surface area contributed by atoms with Crippen molar-refractivity contribution in [1.29, 1.82) is 0 Å². The van der Waals surface area contributed by atoms with Crippen LogP contribution in [0.4, 0.5) is 0 Å². The van der Waals surface area contributed by atoms with E-state index in [4.69, 9.17) is 0 Å². The van der Waals surface area contributed by atoms with Gasteiger partial charge in [0, 0.05) is 43.7 Å². The predicted molar refractivity (Wildman–Crippen MR) is 245 cm³/mol. The van der Waals surface area contributed by atoms with Crippen LogP contribution in [0.5, 0.6) is 0 Å². The molecule has 12 aromatic carbocycles. The molecule has 4 heterocycles. The monoisotopic (exact) mass is 714 g/mol. The smallest absolute Gasteiger partial charge is 0.252 e. The lowest BCUT2D eigenvalue weighted by molar-refractivity contribution is 1.16. The van der Waals surface area contributed by atoms with Gasteiger partial charge in [0.2, 0.25) is 0 Å². The Morgan fingerprint density at radius 2 is 0.789 bits per heavy atom. The molecule has 0 spiro atoms. The number of aromatic nitrogens is 2. The molecule has 0 saturated carbocycles. The first-order valence-corrected chi connectivity index (χ1v) is 20.1. The highest BCUT2D eigenvalue weighted by Gasteiger charge is 2.42. The second-order valence-electron chi connectivity index (χ2n) is 16.7. The van der Waals surface area contributed by atoms with Crippen LogP contribution in [0.3, 0.4) is 0 Å². The van der Waals surface area contributed by atoms with Crippen LogP contribution in [0.15, 0.2) is 164 Å². The Balaban J connectivity index is 1.14. The molecule has 0 unspecified atom stereocenters. The van der Waals surface area contributed by atoms with Crippen molar-refractivity contribution in [2.45, 2.75) is 0 Å². The third kappa shape index (κ3) is 3.01. The molecule has 0 amide bonds. The molecule has 3 heteroatoms. The van der Waals surface area contributed by atoms with E-state index in [1.54, 1.807) is 0 Å². The van der Waals surface area contributed by atoms with Crippen LogP contribution in [-0.4, -0.2) is 15.8 Å². The molecule has 0 bridgehead atoms. The summed E-state index contributed by atoms with van der Waals surface area (Å²) < 4.78 is 5.31. The highest BCUT2D eigenvalue weighted by molar-refractivity contribution is 7.00. The maximum atomic E-state index is 2.67. The number of benzene rings is 12. The quantitative estimate of drug-likeness (QED) is 0.109. The maximum absolute atomic E-state index is 2.67. The molecule has 2 aliphatic rings. The third-order valence-corrected chi connectivity index (χ3v) is 14.3. The van der Waals surface area contributed by atoms with E-state index >= 15 is 0 Å². The molecule has 0 fully saturated rings. The first-order valence-electron chi connectivity index (χ1n) is 20.1. The topological polar surface area (TPSA) is 9.86 Å². The lowest BCUT2D eigenvalue weighted by Gasteiger charge is -2.34. The van der Waals surface area contributed by atoms with Gasteiger partial charge in [-0.15, -0.1) is 0 Å². The molecule has 14 aromatic rings. The van der Waals surface area contributed by atoms with E-state index in [9.17, 15) is 0 Å². The predicted octanol–water partition coefficient (Wildman–Crippen LogP) is 12.0. The van der Waals surface area contributed by atoms with Gasteiger partial charge in [-0.1, -0.05) is 146 Å². The summed E-state index contributed by atoms with van der Waals surface area (Å²) in [5.41, 5.74) is 12.0. The van der Waals surface area contributed by atoms with Gasteiger partial charge in [-0.2, -0.15) is 0 Å². The zero-order chi connectivity index (χ0) is 36.4. The van der Waals surface area contributed by atoms with Crippen molar-refractivity contribution in [3.8, 4) is 11.4 Å². The van der Waals surface area contributed by atoms with Crippen LogP contribution >= 0.6 is 0 Å². The first kappa shape index (κ1) is 28.1. The van der Waals surface area contributed by atoms with Crippen LogP contribution in [0.2, 0.25) is 0 Å². The summed E-state index contributed by atoms with van der Waals surface area (Å²) in [5, 5.41) is 23.9. The number of fused-ring (bicyclic) bond motifs is 14. The van der Waals surface area contributed by atoms with Crippen molar-refractivity contribution in [2.24, 2.45) is 0 Å². The van der Waals surface area contributed by atoms with Crippen molar-refractivity contribution >= 4 is 142 Å². The molecule has 2 nitrogen and oxygen atoms in total. The molecule has 2 aromatic heterocycles. The Kier molecular flexibility index (Phi) is 4.53. The normalized spacial score (nSPS) is 13.6. The second kappa shape index (κ2) is 9.19. The van der Waals surface area contributed by atoms with Gasteiger partial charge in [-0.25, -0.2) is 0 Å². The van der Waals surface area contributed by atoms with Crippen LogP contribution in [-0.2, 0) is 0 Å². The number of hydrogen-bond donors (Lipinski definition) is 0. The summed E-state index contributed by atoms with van der Waals surface area (Å²) >= 11 is 0. The highest BCUT2D eigenvalue weighted by atomic mass is 15.0. The summed E-state index contributed by atoms with van der Waals surface area (Å²) in [6.07, 6.45) is 0. The molecular formula is C54H27BN2. The van der Waals surface area contributed by atoms with Crippen LogP contribution in [0.25, 0.3) is 130 Å². The lowest BCUT2D eigenvalue weighted by atomic mass is 9.34. The summed E-state index contributed by atoms with van der Waals surface area (Å²) in [6, 6.07) is 63.0. The first-order chi connectivity index (χ1) is 28.3. The second-order valence-corrected chi connectivity index (χ2v) is 16.7. The van der Waals surface area contributed by atoms with Gasteiger partial charge in [-0.05, 0) is 105 Å². The maximum Gasteiger partial charge on any atom is 0.252 e. The van der Waals surface area contributed by atoms with E-state index in [1.807, 2.05) is 0 Å². The molecule has 16 rings (SSSR count). The van der Waals surface area contributed by atoms with Crippen LogP contribution < -0.4 is 16.4 Å². The van der Waals surface area contributed by atoms with Gasteiger partial charge in [0.25, 0.3) is 6.71 Å². The van der Waals surface area contributed by atoms with Gasteiger partial charge in [0.15, 0.2) is 0 Å².